The zero-order valence-electron chi connectivity index (χ0n) is 11.8. The van der Waals surface area contributed by atoms with Gasteiger partial charge in [-0.1, -0.05) is 32.0 Å². The molecule has 18 heavy (non-hydrogen) atoms. The Morgan fingerprint density at radius 3 is 2.83 bits per heavy atom. The molecule has 1 heterocycles. The van der Waals surface area contributed by atoms with Crippen LogP contribution in [-0.4, -0.2) is 20.2 Å². The second-order valence-electron chi connectivity index (χ2n) is 5.73. The Bertz CT molecular complexity index is 375. The van der Waals surface area contributed by atoms with Gasteiger partial charge in [0, 0.05) is 0 Å². The van der Waals surface area contributed by atoms with Crippen molar-refractivity contribution < 1.29 is 4.74 Å². The predicted octanol–water partition coefficient (Wildman–Crippen LogP) is 3.43. The third-order valence-electron chi connectivity index (χ3n) is 3.92. The molecule has 1 aromatic rings. The molecule has 0 saturated carbocycles. The highest BCUT2D eigenvalue weighted by molar-refractivity contribution is 5.37. The van der Waals surface area contributed by atoms with Crippen molar-refractivity contribution in [2.24, 2.45) is 11.8 Å². The summed E-state index contributed by atoms with van der Waals surface area (Å²) in [6, 6.07) is 8.51. The molecule has 1 saturated heterocycles. The lowest BCUT2D eigenvalue weighted by molar-refractivity contribution is 0.274. The maximum absolute atomic E-state index is 5.53. The average molecular weight is 247 g/mol. The molecule has 1 aliphatic rings. The number of ether oxygens (including phenoxy) is 1. The van der Waals surface area contributed by atoms with E-state index >= 15 is 0 Å². The van der Waals surface area contributed by atoms with Crippen LogP contribution in [0.1, 0.15) is 38.2 Å². The van der Waals surface area contributed by atoms with Crippen molar-refractivity contribution in [3.8, 4) is 5.75 Å². The number of para-hydroxylation sites is 1. The number of hydrogen-bond acceptors (Lipinski definition) is 2. The Hall–Kier alpha value is -1.02. The first kappa shape index (κ1) is 13.4. The minimum atomic E-state index is 0.643. The predicted molar refractivity (Wildman–Crippen MR) is 76.2 cm³/mol. The zero-order chi connectivity index (χ0) is 13.0. The van der Waals surface area contributed by atoms with Crippen LogP contribution in [0.5, 0.6) is 5.75 Å². The fourth-order valence-electron chi connectivity index (χ4n) is 3.16. The van der Waals surface area contributed by atoms with Crippen LogP contribution in [0.3, 0.4) is 0 Å². The van der Waals surface area contributed by atoms with Crippen molar-refractivity contribution >= 4 is 0 Å². The van der Waals surface area contributed by atoms with Gasteiger partial charge < -0.3 is 10.1 Å². The van der Waals surface area contributed by atoms with Gasteiger partial charge >= 0.3 is 0 Å². The summed E-state index contributed by atoms with van der Waals surface area (Å²) in [6.07, 6.45) is 2.51. The summed E-state index contributed by atoms with van der Waals surface area (Å²) < 4.78 is 5.53. The Morgan fingerprint density at radius 1 is 1.33 bits per heavy atom. The molecular weight excluding hydrogens is 222 g/mol. The number of rotatable bonds is 4. The van der Waals surface area contributed by atoms with Crippen molar-refractivity contribution in [3.05, 3.63) is 29.8 Å². The highest BCUT2D eigenvalue weighted by atomic mass is 16.5. The van der Waals surface area contributed by atoms with E-state index in [9.17, 15) is 0 Å². The van der Waals surface area contributed by atoms with Crippen molar-refractivity contribution in [1.29, 1.82) is 0 Å². The Morgan fingerprint density at radius 2 is 2.11 bits per heavy atom. The van der Waals surface area contributed by atoms with Crippen LogP contribution >= 0.6 is 0 Å². The second kappa shape index (κ2) is 6.24. The van der Waals surface area contributed by atoms with Gasteiger partial charge in [0.1, 0.15) is 5.75 Å². The molecule has 2 unspecified atom stereocenters. The van der Waals surface area contributed by atoms with Crippen LogP contribution in [0.25, 0.3) is 0 Å². The summed E-state index contributed by atoms with van der Waals surface area (Å²) in [5, 5.41) is 3.54. The quantitative estimate of drug-likeness (QED) is 0.880. The summed E-state index contributed by atoms with van der Waals surface area (Å²) in [7, 11) is 1.78. The van der Waals surface area contributed by atoms with E-state index < -0.39 is 0 Å². The molecule has 0 amide bonds. The van der Waals surface area contributed by atoms with Crippen molar-refractivity contribution in [2.75, 3.05) is 20.2 Å². The lowest BCUT2D eigenvalue weighted by Crippen LogP contribution is -2.36. The van der Waals surface area contributed by atoms with Crippen LogP contribution in [-0.2, 0) is 0 Å². The largest absolute Gasteiger partial charge is 0.496 e. The number of methoxy groups -OCH3 is 1. The number of benzene rings is 1. The van der Waals surface area contributed by atoms with Gasteiger partial charge in [-0.15, -0.1) is 0 Å². The number of nitrogens with one attached hydrogen (secondary N) is 1. The summed E-state index contributed by atoms with van der Waals surface area (Å²) in [4.78, 5) is 0. The zero-order valence-corrected chi connectivity index (χ0v) is 11.8. The Kier molecular flexibility index (Phi) is 4.65. The molecule has 1 aromatic carbocycles. The smallest absolute Gasteiger partial charge is 0.122 e. The van der Waals surface area contributed by atoms with Crippen LogP contribution in [0.15, 0.2) is 24.3 Å². The van der Waals surface area contributed by atoms with Crippen molar-refractivity contribution in [2.45, 2.75) is 32.6 Å². The number of hydrogen-bond donors (Lipinski definition) is 1. The lowest BCUT2D eigenvalue weighted by Gasteiger charge is -2.34. The molecule has 0 aromatic heterocycles. The highest BCUT2D eigenvalue weighted by Crippen LogP contribution is 2.38. The van der Waals surface area contributed by atoms with E-state index in [2.05, 4.69) is 43.4 Å². The van der Waals surface area contributed by atoms with Gasteiger partial charge in [0.2, 0.25) is 0 Å². The van der Waals surface area contributed by atoms with Gasteiger partial charge in [-0.3, -0.25) is 0 Å². The van der Waals surface area contributed by atoms with Gasteiger partial charge in [-0.2, -0.15) is 0 Å². The van der Waals surface area contributed by atoms with Gasteiger partial charge in [0.15, 0.2) is 0 Å². The minimum Gasteiger partial charge on any atom is -0.496 e. The molecule has 100 valence electrons. The first-order valence-corrected chi connectivity index (χ1v) is 7.06. The van der Waals surface area contributed by atoms with E-state index in [-0.39, 0.29) is 0 Å². The third kappa shape index (κ3) is 3.05. The normalized spacial score (nSPS) is 24.2. The van der Waals surface area contributed by atoms with E-state index in [4.69, 9.17) is 4.74 Å². The standard InChI is InChI=1S/C16H25NO/c1-12(2)10-13-11-17-9-8-14(13)15-6-4-5-7-16(15)18-3/h4-7,12-14,17H,8-11H2,1-3H3. The fourth-order valence-corrected chi connectivity index (χ4v) is 3.16. The minimum absolute atomic E-state index is 0.643. The summed E-state index contributed by atoms with van der Waals surface area (Å²) in [5.41, 5.74) is 1.40. The highest BCUT2D eigenvalue weighted by Gasteiger charge is 2.28. The van der Waals surface area contributed by atoms with Crippen LogP contribution in [0.2, 0.25) is 0 Å². The van der Waals surface area contributed by atoms with Crippen LogP contribution in [0.4, 0.5) is 0 Å². The molecule has 0 radical (unpaired) electrons. The van der Waals surface area contributed by atoms with E-state index in [0.717, 1.165) is 30.7 Å². The third-order valence-corrected chi connectivity index (χ3v) is 3.92. The number of piperidine rings is 1. The first-order chi connectivity index (χ1) is 8.72. The summed E-state index contributed by atoms with van der Waals surface area (Å²) >= 11 is 0. The first-order valence-electron chi connectivity index (χ1n) is 7.06. The van der Waals surface area contributed by atoms with Crippen LogP contribution < -0.4 is 10.1 Å². The molecule has 2 heteroatoms. The molecule has 1 aliphatic heterocycles. The van der Waals surface area contributed by atoms with E-state index in [1.165, 1.54) is 18.4 Å². The fraction of sp³-hybridized carbons (Fsp3) is 0.625. The summed E-state index contributed by atoms with van der Waals surface area (Å²) in [5.74, 6) is 3.19. The van der Waals surface area contributed by atoms with Gasteiger partial charge in [0.05, 0.1) is 7.11 Å². The topological polar surface area (TPSA) is 21.3 Å². The Balaban J connectivity index is 2.22. The molecule has 2 atom stereocenters. The second-order valence-corrected chi connectivity index (χ2v) is 5.73. The van der Waals surface area contributed by atoms with E-state index in [1.807, 2.05) is 0 Å². The van der Waals surface area contributed by atoms with E-state index in [1.54, 1.807) is 7.11 Å². The molecule has 1 N–H and O–H groups in total. The molecule has 1 fully saturated rings. The maximum atomic E-state index is 5.53. The molecule has 2 rings (SSSR count). The van der Waals surface area contributed by atoms with Gasteiger partial charge in [-0.25, -0.2) is 0 Å². The average Bonchev–Trinajstić information content (AvgIpc) is 2.39. The molecule has 0 aliphatic carbocycles. The SMILES string of the molecule is COc1ccccc1C1CCNCC1CC(C)C. The maximum Gasteiger partial charge on any atom is 0.122 e. The molecular formula is C16H25NO. The monoisotopic (exact) mass is 247 g/mol. The Labute approximate surface area is 111 Å². The van der Waals surface area contributed by atoms with E-state index in [0.29, 0.717) is 5.92 Å². The van der Waals surface area contributed by atoms with Gasteiger partial charge in [-0.05, 0) is 55.3 Å². The molecule has 2 nitrogen and oxygen atoms in total. The molecule has 0 bridgehead atoms. The van der Waals surface area contributed by atoms with Crippen LogP contribution in [0, 0.1) is 11.8 Å². The van der Waals surface area contributed by atoms with Crippen molar-refractivity contribution in [3.63, 3.8) is 0 Å². The van der Waals surface area contributed by atoms with Gasteiger partial charge in [0.25, 0.3) is 0 Å². The summed E-state index contributed by atoms with van der Waals surface area (Å²) in [6.45, 7) is 6.89. The lowest BCUT2D eigenvalue weighted by atomic mass is 9.77. The molecule has 0 spiro atoms. The van der Waals surface area contributed by atoms with Crippen molar-refractivity contribution in [1.82, 2.24) is 5.32 Å².